The van der Waals surface area contributed by atoms with E-state index in [1.165, 1.54) is 13.3 Å². The quantitative estimate of drug-likeness (QED) is 0.594. The van der Waals surface area contributed by atoms with E-state index < -0.39 is 23.0 Å². The van der Waals surface area contributed by atoms with Crippen LogP contribution in [-0.2, 0) is 6.54 Å². The first kappa shape index (κ1) is 21.1. The molecule has 1 amide bonds. The van der Waals surface area contributed by atoms with Crippen molar-refractivity contribution >= 4 is 16.8 Å². The third-order valence-corrected chi connectivity index (χ3v) is 7.31. The van der Waals surface area contributed by atoms with Gasteiger partial charge in [-0.3, -0.25) is 14.4 Å². The summed E-state index contributed by atoms with van der Waals surface area (Å²) >= 11 is 0. The molecule has 6 rings (SSSR count). The lowest BCUT2D eigenvalue weighted by Gasteiger charge is -2.42. The molecule has 2 atom stereocenters. The average Bonchev–Trinajstić information content (AvgIpc) is 3.66. The van der Waals surface area contributed by atoms with Crippen LogP contribution in [0.5, 0.6) is 5.75 Å². The summed E-state index contributed by atoms with van der Waals surface area (Å²) in [4.78, 5) is 40.9. The third-order valence-electron chi connectivity index (χ3n) is 7.31. The van der Waals surface area contributed by atoms with Crippen molar-refractivity contribution in [2.24, 2.45) is 5.92 Å². The zero-order valence-electron chi connectivity index (χ0n) is 18.6. The molecule has 2 bridgehead atoms. The molecule has 0 radical (unpaired) electrons. The number of amides is 1. The molecule has 176 valence electrons. The van der Waals surface area contributed by atoms with Gasteiger partial charge in [-0.25, -0.2) is 4.39 Å². The second kappa shape index (κ2) is 7.51. The first-order chi connectivity index (χ1) is 16.4. The Balaban J connectivity index is 1.45. The standard InChI is InChI=1S/C25H23F2N3O4/c1-34-24-21(27)18(26)8-16-22(24)29(15-5-6-15)12-17(23(16)32)25(33)28-9-13-7-14(11-28)19-3-2-4-20(31)30(19)10-13/h2-4,8,12-15H,5-7,9-11H2,1H3/t13-,14-/m0/s1. The number of nitrogens with zero attached hydrogens (tertiary/aromatic N) is 3. The minimum Gasteiger partial charge on any atom is -0.491 e. The molecule has 2 aliphatic heterocycles. The van der Waals surface area contributed by atoms with Crippen molar-refractivity contribution in [2.45, 2.75) is 37.8 Å². The molecular formula is C25H23F2N3O4. The highest BCUT2D eigenvalue weighted by molar-refractivity contribution is 5.98. The number of rotatable bonds is 3. The van der Waals surface area contributed by atoms with Crippen molar-refractivity contribution in [3.8, 4) is 5.75 Å². The highest BCUT2D eigenvalue weighted by Crippen LogP contribution is 2.41. The van der Waals surface area contributed by atoms with E-state index in [0.29, 0.717) is 19.6 Å². The molecule has 34 heavy (non-hydrogen) atoms. The zero-order chi connectivity index (χ0) is 23.7. The maximum absolute atomic E-state index is 14.4. The fraction of sp³-hybridized carbons (Fsp3) is 0.400. The van der Waals surface area contributed by atoms with Crippen LogP contribution in [0, 0.1) is 17.6 Å². The van der Waals surface area contributed by atoms with Crippen LogP contribution in [-0.4, -0.2) is 40.1 Å². The topological polar surface area (TPSA) is 73.5 Å². The van der Waals surface area contributed by atoms with E-state index in [1.54, 1.807) is 26.2 Å². The number of ether oxygens (including phenoxy) is 1. The van der Waals surface area contributed by atoms with Gasteiger partial charge in [0, 0.05) is 49.6 Å². The molecule has 0 unspecified atom stereocenters. The number of halogens is 2. The van der Waals surface area contributed by atoms with Gasteiger partial charge in [-0.15, -0.1) is 0 Å². The molecular weight excluding hydrogens is 444 g/mol. The average molecular weight is 467 g/mol. The Morgan fingerprint density at radius 3 is 2.65 bits per heavy atom. The minimum absolute atomic E-state index is 0.00287. The van der Waals surface area contributed by atoms with Gasteiger partial charge in [0.05, 0.1) is 18.0 Å². The van der Waals surface area contributed by atoms with Crippen LogP contribution >= 0.6 is 0 Å². The van der Waals surface area contributed by atoms with Gasteiger partial charge in [0.2, 0.25) is 11.2 Å². The Bertz CT molecular complexity index is 1470. The number of methoxy groups -OCH3 is 1. The molecule has 7 nitrogen and oxygen atoms in total. The van der Waals surface area contributed by atoms with Crippen molar-refractivity contribution in [3.63, 3.8) is 0 Å². The number of hydrogen-bond acceptors (Lipinski definition) is 4. The van der Waals surface area contributed by atoms with Crippen molar-refractivity contribution in [1.29, 1.82) is 0 Å². The molecule has 0 spiro atoms. The summed E-state index contributed by atoms with van der Waals surface area (Å²) in [6, 6.07) is 6.04. The first-order valence-electron chi connectivity index (χ1n) is 11.5. The van der Waals surface area contributed by atoms with E-state index in [0.717, 1.165) is 31.0 Å². The monoisotopic (exact) mass is 467 g/mol. The lowest BCUT2D eigenvalue weighted by Crippen LogP contribution is -2.49. The number of pyridine rings is 2. The van der Waals surface area contributed by atoms with Gasteiger partial charge < -0.3 is 18.8 Å². The van der Waals surface area contributed by atoms with Gasteiger partial charge >= 0.3 is 0 Å². The van der Waals surface area contributed by atoms with Crippen LogP contribution in [0.3, 0.4) is 0 Å². The van der Waals surface area contributed by atoms with Gasteiger partial charge in [0.15, 0.2) is 11.6 Å². The van der Waals surface area contributed by atoms with Crippen LogP contribution in [0.25, 0.3) is 10.9 Å². The molecule has 2 fully saturated rings. The number of carbonyl (C=O) groups is 1. The molecule has 1 saturated carbocycles. The summed E-state index contributed by atoms with van der Waals surface area (Å²) in [6.45, 7) is 1.35. The summed E-state index contributed by atoms with van der Waals surface area (Å²) in [7, 11) is 1.23. The molecule has 3 aromatic rings. The van der Waals surface area contributed by atoms with Crippen LogP contribution in [0.2, 0.25) is 0 Å². The highest BCUT2D eigenvalue weighted by atomic mass is 19.2. The second-order valence-electron chi connectivity index (χ2n) is 9.52. The lowest BCUT2D eigenvalue weighted by molar-refractivity contribution is 0.0592. The van der Waals surface area contributed by atoms with Gasteiger partial charge in [-0.2, -0.15) is 4.39 Å². The maximum atomic E-state index is 14.4. The van der Waals surface area contributed by atoms with Gasteiger partial charge in [0.25, 0.3) is 11.5 Å². The summed E-state index contributed by atoms with van der Waals surface area (Å²) in [5.74, 6) is -2.99. The van der Waals surface area contributed by atoms with Gasteiger partial charge in [0.1, 0.15) is 5.56 Å². The Kier molecular flexibility index (Phi) is 4.65. The van der Waals surface area contributed by atoms with E-state index in [9.17, 15) is 23.2 Å². The van der Waals surface area contributed by atoms with Crippen LogP contribution in [0.15, 0.2) is 40.1 Å². The molecule has 0 N–H and O–H groups in total. The normalized spacial score (nSPS) is 21.4. The number of carbonyl (C=O) groups excluding carboxylic acids is 1. The molecule has 9 heteroatoms. The molecule has 2 aromatic heterocycles. The van der Waals surface area contributed by atoms with Crippen molar-refractivity contribution < 1.29 is 18.3 Å². The molecule has 1 saturated heterocycles. The van der Waals surface area contributed by atoms with Crippen molar-refractivity contribution in [1.82, 2.24) is 14.0 Å². The number of piperidine rings is 1. The third kappa shape index (κ3) is 3.09. The van der Waals surface area contributed by atoms with E-state index in [2.05, 4.69) is 0 Å². The summed E-state index contributed by atoms with van der Waals surface area (Å²) in [6.07, 6.45) is 3.98. The van der Waals surface area contributed by atoms with Gasteiger partial charge in [-0.1, -0.05) is 6.07 Å². The van der Waals surface area contributed by atoms with E-state index in [-0.39, 0.29) is 45.7 Å². The van der Waals surface area contributed by atoms with Gasteiger partial charge in [-0.05, 0) is 37.3 Å². The van der Waals surface area contributed by atoms with E-state index in [1.807, 2.05) is 6.07 Å². The number of aromatic nitrogens is 2. The predicted molar refractivity (Wildman–Crippen MR) is 120 cm³/mol. The largest absolute Gasteiger partial charge is 0.491 e. The summed E-state index contributed by atoms with van der Waals surface area (Å²) in [5.41, 5.74) is 0.336. The van der Waals surface area contributed by atoms with E-state index in [4.69, 9.17) is 4.74 Å². The molecule has 1 aromatic carbocycles. The van der Waals surface area contributed by atoms with Crippen molar-refractivity contribution in [3.05, 3.63) is 73.9 Å². The van der Waals surface area contributed by atoms with E-state index >= 15 is 0 Å². The summed E-state index contributed by atoms with van der Waals surface area (Å²) < 4.78 is 37.3. The predicted octanol–water partition coefficient (Wildman–Crippen LogP) is 3.04. The van der Waals surface area contributed by atoms with Crippen molar-refractivity contribution in [2.75, 3.05) is 20.2 Å². The fourth-order valence-corrected chi connectivity index (χ4v) is 5.64. The SMILES string of the molecule is COc1c(F)c(F)cc2c(=O)c(C(=O)N3C[C@@H]4C[C@@H](C3)c3cccc(=O)n3C4)cn(C3CC3)c12. The molecule has 3 aliphatic rings. The Morgan fingerprint density at radius 2 is 1.91 bits per heavy atom. The Hall–Kier alpha value is -3.49. The Labute approximate surface area is 193 Å². The summed E-state index contributed by atoms with van der Waals surface area (Å²) in [5, 5.41) is -0.0670. The van der Waals surface area contributed by atoms with Crippen LogP contribution < -0.4 is 15.7 Å². The number of fused-ring (bicyclic) bond motifs is 5. The smallest absolute Gasteiger partial charge is 0.259 e. The number of likely N-dealkylation sites (tertiary alicyclic amines) is 1. The minimum atomic E-state index is -1.19. The first-order valence-corrected chi connectivity index (χ1v) is 11.5. The van der Waals surface area contributed by atoms with Crippen LogP contribution in [0.4, 0.5) is 8.78 Å². The zero-order valence-corrected chi connectivity index (χ0v) is 18.6. The van der Waals surface area contributed by atoms with Crippen LogP contribution in [0.1, 0.15) is 47.3 Å². The molecule has 1 aliphatic carbocycles. The lowest BCUT2D eigenvalue weighted by atomic mass is 9.83. The maximum Gasteiger partial charge on any atom is 0.259 e. The fourth-order valence-electron chi connectivity index (χ4n) is 5.64. The number of benzene rings is 1. The molecule has 4 heterocycles. The Morgan fingerprint density at radius 1 is 1.12 bits per heavy atom. The second-order valence-corrected chi connectivity index (χ2v) is 9.52. The highest BCUT2D eigenvalue weighted by Gasteiger charge is 2.38. The number of hydrogen-bond donors (Lipinski definition) is 0.